The van der Waals surface area contributed by atoms with Crippen molar-refractivity contribution in [3.05, 3.63) is 10.4 Å². The number of hydrogen-bond donors (Lipinski definition) is 1. The molecule has 1 N–H and O–H groups in total. The summed E-state index contributed by atoms with van der Waals surface area (Å²) < 4.78 is 15.2. The Balaban J connectivity index is 3.06. The van der Waals surface area contributed by atoms with Crippen LogP contribution in [0.5, 0.6) is 0 Å². The molecule has 0 saturated carbocycles. The third-order valence-corrected chi connectivity index (χ3v) is 1.99. The van der Waals surface area contributed by atoms with Crippen LogP contribution in [0.2, 0.25) is 0 Å². The first kappa shape index (κ1) is 17.7. The summed E-state index contributed by atoms with van der Waals surface area (Å²) in [5.41, 5.74) is 8.02. The molecule has 0 aliphatic carbocycles. The molecule has 0 aliphatic heterocycles. The first-order valence-corrected chi connectivity index (χ1v) is 6.34. The third kappa shape index (κ3) is 14.6. The van der Waals surface area contributed by atoms with Crippen LogP contribution in [0.15, 0.2) is 5.11 Å². The predicted molar refractivity (Wildman–Crippen MR) is 69.8 cm³/mol. The second-order valence-electron chi connectivity index (χ2n) is 3.51. The minimum atomic E-state index is -0.239. The Bertz CT molecular complexity index is 269. The lowest BCUT2D eigenvalue weighted by Gasteiger charge is -2.06. The van der Waals surface area contributed by atoms with Crippen LogP contribution in [0.3, 0.4) is 0 Å². The molecule has 0 atom stereocenters. The van der Waals surface area contributed by atoms with Crippen molar-refractivity contribution in [2.75, 3.05) is 52.7 Å². The fraction of sp³-hybridized carbons (Fsp3) is 0.909. The predicted octanol–water partition coefficient (Wildman–Crippen LogP) is 0.873. The Kier molecular flexibility index (Phi) is 13.7. The average Bonchev–Trinajstić information content (AvgIpc) is 2.40. The van der Waals surface area contributed by atoms with Crippen LogP contribution in [-0.2, 0) is 19.0 Å². The molecule has 0 heterocycles. The van der Waals surface area contributed by atoms with Crippen LogP contribution in [0.1, 0.15) is 13.3 Å². The van der Waals surface area contributed by atoms with E-state index in [-0.39, 0.29) is 12.5 Å². The van der Waals surface area contributed by atoms with Crippen LogP contribution in [0.25, 0.3) is 10.4 Å². The van der Waals surface area contributed by atoms with Gasteiger partial charge in [0.25, 0.3) is 0 Å². The molecule has 0 aromatic carbocycles. The van der Waals surface area contributed by atoms with Gasteiger partial charge in [-0.2, -0.15) is 0 Å². The van der Waals surface area contributed by atoms with Gasteiger partial charge in [-0.05, 0) is 25.4 Å². The standard InChI is InChI=1S/C11H22N4O4/c1-2-19-11(16)10-13-4-3-6-17-8-9-18-7-5-14-15-12/h13H,2-10H2,1H3. The average molecular weight is 274 g/mol. The van der Waals surface area contributed by atoms with Gasteiger partial charge in [0.1, 0.15) is 0 Å². The molecule has 0 amide bonds. The van der Waals surface area contributed by atoms with Crippen LogP contribution >= 0.6 is 0 Å². The summed E-state index contributed by atoms with van der Waals surface area (Å²) in [5, 5.41) is 6.30. The van der Waals surface area contributed by atoms with Crippen LogP contribution < -0.4 is 5.32 Å². The number of carbonyl (C=O) groups excluding carboxylic acids is 1. The van der Waals surface area contributed by atoms with E-state index in [1.807, 2.05) is 0 Å². The number of hydrogen-bond acceptors (Lipinski definition) is 6. The van der Waals surface area contributed by atoms with E-state index in [9.17, 15) is 4.79 Å². The quantitative estimate of drug-likeness (QED) is 0.176. The van der Waals surface area contributed by atoms with E-state index in [1.54, 1.807) is 6.92 Å². The van der Waals surface area contributed by atoms with Gasteiger partial charge >= 0.3 is 5.97 Å². The van der Waals surface area contributed by atoms with Crippen LogP contribution in [-0.4, -0.2) is 58.6 Å². The molecule has 0 bridgehead atoms. The van der Waals surface area contributed by atoms with Gasteiger partial charge in [-0.3, -0.25) is 4.79 Å². The molecular weight excluding hydrogens is 252 g/mol. The van der Waals surface area contributed by atoms with Gasteiger partial charge in [0.05, 0.1) is 33.0 Å². The molecule has 0 aromatic rings. The summed E-state index contributed by atoms with van der Waals surface area (Å²) in [7, 11) is 0. The maximum absolute atomic E-state index is 11.0. The lowest BCUT2D eigenvalue weighted by atomic mass is 10.4. The Hall–Kier alpha value is -1.34. The van der Waals surface area contributed by atoms with Crippen molar-refractivity contribution in [1.29, 1.82) is 0 Å². The summed E-state index contributed by atoms with van der Waals surface area (Å²) in [6, 6.07) is 0. The largest absolute Gasteiger partial charge is 0.465 e. The highest BCUT2D eigenvalue weighted by atomic mass is 16.5. The monoisotopic (exact) mass is 274 g/mol. The highest BCUT2D eigenvalue weighted by Crippen LogP contribution is 1.84. The molecule has 0 rings (SSSR count). The fourth-order valence-corrected chi connectivity index (χ4v) is 1.17. The number of ether oxygens (including phenoxy) is 3. The first-order valence-electron chi connectivity index (χ1n) is 6.34. The van der Waals surface area contributed by atoms with Gasteiger partial charge in [-0.25, -0.2) is 0 Å². The molecule has 8 nitrogen and oxygen atoms in total. The van der Waals surface area contributed by atoms with Crippen molar-refractivity contribution < 1.29 is 19.0 Å². The van der Waals surface area contributed by atoms with Gasteiger partial charge < -0.3 is 19.5 Å². The van der Waals surface area contributed by atoms with E-state index in [4.69, 9.17) is 19.7 Å². The lowest BCUT2D eigenvalue weighted by Crippen LogP contribution is -2.26. The van der Waals surface area contributed by atoms with Crippen LogP contribution in [0.4, 0.5) is 0 Å². The molecule has 0 radical (unpaired) electrons. The van der Waals surface area contributed by atoms with Gasteiger partial charge in [-0.1, -0.05) is 5.11 Å². The topological polar surface area (TPSA) is 106 Å². The number of nitrogens with one attached hydrogen (secondary N) is 1. The summed E-state index contributed by atoms with van der Waals surface area (Å²) in [6.45, 7) is 5.47. The first-order chi connectivity index (χ1) is 9.31. The Morgan fingerprint density at radius 3 is 2.68 bits per heavy atom. The second kappa shape index (κ2) is 14.7. The Morgan fingerprint density at radius 1 is 1.26 bits per heavy atom. The number of rotatable bonds is 13. The van der Waals surface area contributed by atoms with Crippen molar-refractivity contribution in [3.8, 4) is 0 Å². The maximum atomic E-state index is 11.0. The van der Waals surface area contributed by atoms with Crippen molar-refractivity contribution in [2.24, 2.45) is 5.11 Å². The number of azide groups is 1. The van der Waals surface area contributed by atoms with Gasteiger partial charge in [-0.15, -0.1) is 0 Å². The molecule has 19 heavy (non-hydrogen) atoms. The highest BCUT2D eigenvalue weighted by Gasteiger charge is 1.99. The summed E-state index contributed by atoms with van der Waals surface area (Å²) in [5.74, 6) is -0.239. The summed E-state index contributed by atoms with van der Waals surface area (Å²) in [6.07, 6.45) is 0.818. The molecule has 0 saturated heterocycles. The van der Waals surface area contributed by atoms with Crippen molar-refractivity contribution >= 4 is 5.97 Å². The van der Waals surface area contributed by atoms with E-state index in [0.717, 1.165) is 6.42 Å². The van der Waals surface area contributed by atoms with E-state index < -0.39 is 0 Å². The van der Waals surface area contributed by atoms with E-state index in [0.29, 0.717) is 46.1 Å². The Morgan fingerprint density at radius 2 is 2.00 bits per heavy atom. The number of esters is 1. The second-order valence-corrected chi connectivity index (χ2v) is 3.51. The number of carbonyl (C=O) groups is 1. The molecule has 0 fully saturated rings. The zero-order valence-electron chi connectivity index (χ0n) is 11.3. The molecule has 0 aromatic heterocycles. The van der Waals surface area contributed by atoms with Gasteiger partial charge in [0.15, 0.2) is 0 Å². The molecule has 8 heteroatoms. The SMILES string of the molecule is CCOC(=O)CNCCCOCCOCCN=[N+]=[N-]. The van der Waals surface area contributed by atoms with Crippen molar-refractivity contribution in [3.63, 3.8) is 0 Å². The highest BCUT2D eigenvalue weighted by molar-refractivity contribution is 5.71. The summed E-state index contributed by atoms with van der Waals surface area (Å²) in [4.78, 5) is 13.6. The summed E-state index contributed by atoms with van der Waals surface area (Å²) >= 11 is 0. The maximum Gasteiger partial charge on any atom is 0.319 e. The molecule has 110 valence electrons. The third-order valence-electron chi connectivity index (χ3n) is 1.99. The van der Waals surface area contributed by atoms with E-state index in [2.05, 4.69) is 15.3 Å². The zero-order valence-corrected chi connectivity index (χ0v) is 11.3. The van der Waals surface area contributed by atoms with E-state index in [1.165, 1.54) is 0 Å². The fourth-order valence-electron chi connectivity index (χ4n) is 1.17. The zero-order chi connectivity index (χ0) is 14.2. The normalized spacial score (nSPS) is 9.95. The molecule has 0 unspecified atom stereocenters. The minimum absolute atomic E-state index is 0.233. The minimum Gasteiger partial charge on any atom is -0.465 e. The Labute approximate surface area is 113 Å². The lowest BCUT2D eigenvalue weighted by molar-refractivity contribution is -0.142. The molecule has 0 spiro atoms. The number of nitrogens with zero attached hydrogens (tertiary/aromatic N) is 3. The molecule has 0 aliphatic rings. The molecular formula is C11H22N4O4. The van der Waals surface area contributed by atoms with Gasteiger partial charge in [0.2, 0.25) is 0 Å². The van der Waals surface area contributed by atoms with Crippen molar-refractivity contribution in [2.45, 2.75) is 13.3 Å². The smallest absolute Gasteiger partial charge is 0.319 e. The van der Waals surface area contributed by atoms with Crippen molar-refractivity contribution in [1.82, 2.24) is 5.32 Å². The van der Waals surface area contributed by atoms with Crippen LogP contribution in [0, 0.1) is 0 Å². The van der Waals surface area contributed by atoms with Gasteiger partial charge in [0, 0.05) is 18.1 Å². The van der Waals surface area contributed by atoms with E-state index >= 15 is 0 Å².